The standard InChI is InChI=1S/C29H21N5O2/c30-24-10-3-1-7-22(24)29(35)34-19-14-12-18(13-15-19)33-27-16-25(31-17-32-27)23-9-5-8-21-20-6-2-4-11-26(20)36-28(21)23/h1-17H,30H2,(H,34,35)(H,31,32,33). The fraction of sp³-hybridized carbons (Fsp3) is 0. The Labute approximate surface area is 206 Å². The molecule has 4 aromatic carbocycles. The van der Waals surface area contributed by atoms with Crippen LogP contribution >= 0.6 is 0 Å². The van der Waals surface area contributed by atoms with Gasteiger partial charge < -0.3 is 20.8 Å². The molecule has 0 aliphatic rings. The van der Waals surface area contributed by atoms with E-state index in [1.165, 1.54) is 6.33 Å². The summed E-state index contributed by atoms with van der Waals surface area (Å²) in [5, 5.41) is 8.28. The van der Waals surface area contributed by atoms with Crippen LogP contribution in [0.2, 0.25) is 0 Å². The number of anilines is 4. The first-order valence-electron chi connectivity index (χ1n) is 11.4. The van der Waals surface area contributed by atoms with Gasteiger partial charge in [0.1, 0.15) is 23.3 Å². The number of nitrogens with one attached hydrogen (secondary N) is 2. The zero-order chi connectivity index (χ0) is 24.5. The summed E-state index contributed by atoms with van der Waals surface area (Å²) >= 11 is 0. The van der Waals surface area contributed by atoms with Gasteiger partial charge in [-0.05, 0) is 48.5 Å². The summed E-state index contributed by atoms with van der Waals surface area (Å²) in [6, 6.07) is 30.3. The Morgan fingerprint density at radius 2 is 1.53 bits per heavy atom. The number of nitrogens with two attached hydrogens (primary N) is 1. The molecule has 36 heavy (non-hydrogen) atoms. The third-order valence-electron chi connectivity index (χ3n) is 5.97. The van der Waals surface area contributed by atoms with E-state index < -0.39 is 0 Å². The van der Waals surface area contributed by atoms with Crippen molar-refractivity contribution in [3.8, 4) is 11.3 Å². The molecule has 6 rings (SSSR count). The van der Waals surface area contributed by atoms with Crippen molar-refractivity contribution in [1.29, 1.82) is 0 Å². The van der Waals surface area contributed by atoms with Gasteiger partial charge in [-0.2, -0.15) is 0 Å². The molecule has 0 radical (unpaired) electrons. The fourth-order valence-electron chi connectivity index (χ4n) is 4.21. The summed E-state index contributed by atoms with van der Waals surface area (Å²) in [5.41, 5.74) is 11.5. The number of benzene rings is 4. The molecule has 2 aromatic heterocycles. The van der Waals surface area contributed by atoms with Crippen molar-refractivity contribution < 1.29 is 9.21 Å². The van der Waals surface area contributed by atoms with E-state index in [1.54, 1.807) is 24.3 Å². The van der Waals surface area contributed by atoms with Crippen LogP contribution in [0.5, 0.6) is 0 Å². The molecule has 0 saturated heterocycles. The van der Waals surface area contributed by atoms with Crippen LogP contribution in [0.4, 0.5) is 22.9 Å². The van der Waals surface area contributed by atoms with Gasteiger partial charge >= 0.3 is 0 Å². The summed E-state index contributed by atoms with van der Waals surface area (Å²) in [4.78, 5) is 21.4. The third kappa shape index (κ3) is 3.99. The van der Waals surface area contributed by atoms with Crippen LogP contribution in [0.15, 0.2) is 108 Å². The van der Waals surface area contributed by atoms with Crippen LogP contribution in [0.3, 0.4) is 0 Å². The van der Waals surface area contributed by atoms with Crippen molar-refractivity contribution in [1.82, 2.24) is 9.97 Å². The second kappa shape index (κ2) is 8.88. The number of carbonyl (C=O) groups is 1. The molecule has 0 aliphatic carbocycles. The molecule has 0 fully saturated rings. The zero-order valence-electron chi connectivity index (χ0n) is 19.1. The summed E-state index contributed by atoms with van der Waals surface area (Å²) in [7, 11) is 0. The SMILES string of the molecule is Nc1ccccc1C(=O)Nc1ccc(Nc2cc(-c3cccc4c3oc3ccccc34)ncn2)cc1. The first-order chi connectivity index (χ1) is 17.7. The van der Waals surface area contributed by atoms with Crippen LogP contribution < -0.4 is 16.4 Å². The molecule has 0 bridgehead atoms. The molecule has 6 aromatic rings. The van der Waals surface area contributed by atoms with Crippen LogP contribution in [-0.2, 0) is 0 Å². The van der Waals surface area contributed by atoms with Crippen molar-refractivity contribution in [2.45, 2.75) is 0 Å². The highest BCUT2D eigenvalue weighted by Gasteiger charge is 2.13. The van der Waals surface area contributed by atoms with E-state index in [0.717, 1.165) is 38.9 Å². The molecule has 2 heterocycles. The third-order valence-corrected chi connectivity index (χ3v) is 5.97. The largest absolute Gasteiger partial charge is 0.455 e. The summed E-state index contributed by atoms with van der Waals surface area (Å²) in [6.07, 6.45) is 1.53. The monoisotopic (exact) mass is 471 g/mol. The number of carbonyl (C=O) groups excluding carboxylic acids is 1. The van der Waals surface area contributed by atoms with Crippen molar-refractivity contribution in [2.75, 3.05) is 16.4 Å². The van der Waals surface area contributed by atoms with Crippen LogP contribution in [0.1, 0.15) is 10.4 Å². The zero-order valence-corrected chi connectivity index (χ0v) is 19.1. The Hall–Kier alpha value is -5.17. The lowest BCUT2D eigenvalue weighted by molar-refractivity contribution is 0.102. The van der Waals surface area contributed by atoms with Gasteiger partial charge in [-0.25, -0.2) is 9.97 Å². The van der Waals surface area contributed by atoms with E-state index in [9.17, 15) is 4.79 Å². The maximum atomic E-state index is 12.5. The Kier molecular flexibility index (Phi) is 5.27. The number of fused-ring (bicyclic) bond motifs is 3. The summed E-state index contributed by atoms with van der Waals surface area (Å²) in [5.74, 6) is 0.385. The van der Waals surface area contributed by atoms with Gasteiger partial charge in [0.2, 0.25) is 0 Å². The van der Waals surface area contributed by atoms with E-state index in [0.29, 0.717) is 22.8 Å². The van der Waals surface area contributed by atoms with E-state index in [-0.39, 0.29) is 5.91 Å². The van der Waals surface area contributed by atoms with Gasteiger partial charge in [-0.3, -0.25) is 4.79 Å². The molecule has 7 heteroatoms. The summed E-state index contributed by atoms with van der Waals surface area (Å²) in [6.45, 7) is 0. The number of nitrogens with zero attached hydrogens (tertiary/aromatic N) is 2. The lowest BCUT2D eigenvalue weighted by Crippen LogP contribution is -2.13. The number of nitrogen functional groups attached to an aromatic ring is 1. The van der Waals surface area contributed by atoms with Gasteiger partial charge in [-0.1, -0.05) is 42.5 Å². The summed E-state index contributed by atoms with van der Waals surface area (Å²) < 4.78 is 6.16. The molecule has 0 atom stereocenters. The molecule has 7 nitrogen and oxygen atoms in total. The quantitative estimate of drug-likeness (QED) is 0.244. The minimum absolute atomic E-state index is 0.256. The predicted octanol–water partition coefficient (Wildman–Crippen LogP) is 6.62. The lowest BCUT2D eigenvalue weighted by Gasteiger charge is -2.10. The maximum Gasteiger partial charge on any atom is 0.257 e. The molecule has 0 unspecified atom stereocenters. The molecule has 0 spiro atoms. The minimum Gasteiger partial charge on any atom is -0.455 e. The number of aromatic nitrogens is 2. The van der Waals surface area contributed by atoms with Gasteiger partial charge in [-0.15, -0.1) is 0 Å². The highest BCUT2D eigenvalue weighted by atomic mass is 16.3. The molecule has 0 aliphatic heterocycles. The average Bonchev–Trinajstić information content (AvgIpc) is 3.29. The highest BCUT2D eigenvalue weighted by molar-refractivity contribution is 6.09. The number of para-hydroxylation sites is 3. The average molecular weight is 472 g/mol. The number of hydrogen-bond acceptors (Lipinski definition) is 6. The van der Waals surface area contributed by atoms with Crippen molar-refractivity contribution >= 4 is 50.7 Å². The van der Waals surface area contributed by atoms with Crippen LogP contribution in [0.25, 0.3) is 33.2 Å². The number of amides is 1. The second-order valence-corrected chi connectivity index (χ2v) is 8.31. The van der Waals surface area contributed by atoms with E-state index in [4.69, 9.17) is 10.2 Å². The van der Waals surface area contributed by atoms with E-state index >= 15 is 0 Å². The molecule has 174 valence electrons. The molecular formula is C29H21N5O2. The van der Waals surface area contributed by atoms with Crippen molar-refractivity contribution in [2.24, 2.45) is 0 Å². The Bertz CT molecular complexity index is 1720. The van der Waals surface area contributed by atoms with Crippen LogP contribution in [0, 0.1) is 0 Å². The smallest absolute Gasteiger partial charge is 0.257 e. The normalized spacial score (nSPS) is 11.0. The Balaban J connectivity index is 1.23. The highest BCUT2D eigenvalue weighted by Crippen LogP contribution is 2.35. The van der Waals surface area contributed by atoms with E-state index in [2.05, 4.69) is 32.7 Å². The van der Waals surface area contributed by atoms with E-state index in [1.807, 2.05) is 60.7 Å². The Morgan fingerprint density at radius 3 is 2.39 bits per heavy atom. The predicted molar refractivity (Wildman–Crippen MR) is 143 cm³/mol. The first kappa shape index (κ1) is 21.4. The van der Waals surface area contributed by atoms with Gasteiger partial charge in [0.15, 0.2) is 0 Å². The fourth-order valence-corrected chi connectivity index (χ4v) is 4.21. The minimum atomic E-state index is -0.256. The number of hydrogen-bond donors (Lipinski definition) is 3. The van der Waals surface area contributed by atoms with Gasteiger partial charge in [0, 0.05) is 39.5 Å². The topological polar surface area (TPSA) is 106 Å². The number of furan rings is 1. The Morgan fingerprint density at radius 1 is 0.778 bits per heavy atom. The molecular weight excluding hydrogens is 450 g/mol. The lowest BCUT2D eigenvalue weighted by atomic mass is 10.1. The maximum absolute atomic E-state index is 12.5. The number of rotatable bonds is 5. The first-order valence-corrected chi connectivity index (χ1v) is 11.4. The van der Waals surface area contributed by atoms with Crippen LogP contribution in [-0.4, -0.2) is 15.9 Å². The van der Waals surface area contributed by atoms with Gasteiger partial charge in [0.05, 0.1) is 11.3 Å². The molecule has 0 saturated carbocycles. The molecule has 1 amide bonds. The second-order valence-electron chi connectivity index (χ2n) is 8.31. The van der Waals surface area contributed by atoms with Gasteiger partial charge in [0.25, 0.3) is 5.91 Å². The molecule has 4 N–H and O–H groups in total. The van der Waals surface area contributed by atoms with Crippen molar-refractivity contribution in [3.05, 3.63) is 109 Å². The van der Waals surface area contributed by atoms with Crippen molar-refractivity contribution in [3.63, 3.8) is 0 Å².